The standard InChI is InChI=1S/C14H24N2O3/c1-10(2)8-15-7-5-11(9-15)13(17)16-6-3-4-12(16)14(18)19/h10-12H,3-9H2,1-2H3,(H,18,19)/t11-,12-/m1/s1. The molecule has 5 heteroatoms. The molecule has 0 bridgehead atoms. The van der Waals surface area contributed by atoms with Gasteiger partial charge in [-0.2, -0.15) is 0 Å². The van der Waals surface area contributed by atoms with Gasteiger partial charge in [0.05, 0.1) is 5.92 Å². The fourth-order valence-electron chi connectivity index (χ4n) is 3.24. The van der Waals surface area contributed by atoms with Crippen LogP contribution in [0.15, 0.2) is 0 Å². The van der Waals surface area contributed by atoms with Crippen LogP contribution >= 0.6 is 0 Å². The van der Waals surface area contributed by atoms with Crippen molar-refractivity contribution in [2.45, 2.75) is 39.2 Å². The van der Waals surface area contributed by atoms with E-state index >= 15 is 0 Å². The number of rotatable bonds is 4. The molecule has 2 atom stereocenters. The SMILES string of the molecule is CC(C)CN1CC[C@@H](C(=O)N2CCC[C@@H]2C(=O)O)C1. The number of hydrogen-bond acceptors (Lipinski definition) is 3. The quantitative estimate of drug-likeness (QED) is 0.827. The normalized spacial score (nSPS) is 28.3. The highest BCUT2D eigenvalue weighted by molar-refractivity contribution is 5.86. The van der Waals surface area contributed by atoms with Gasteiger partial charge in [-0.3, -0.25) is 4.79 Å². The number of nitrogens with zero attached hydrogens (tertiary/aromatic N) is 2. The van der Waals surface area contributed by atoms with Gasteiger partial charge in [0.25, 0.3) is 0 Å². The predicted octanol–water partition coefficient (Wildman–Crippen LogP) is 1.04. The van der Waals surface area contributed by atoms with Gasteiger partial charge < -0.3 is 14.9 Å². The lowest BCUT2D eigenvalue weighted by Gasteiger charge is -2.25. The van der Waals surface area contributed by atoms with Crippen molar-refractivity contribution in [2.75, 3.05) is 26.2 Å². The van der Waals surface area contributed by atoms with E-state index in [-0.39, 0.29) is 11.8 Å². The predicted molar refractivity (Wildman–Crippen MR) is 71.8 cm³/mol. The van der Waals surface area contributed by atoms with Crippen LogP contribution in [0.5, 0.6) is 0 Å². The average Bonchev–Trinajstić information content (AvgIpc) is 2.94. The molecule has 19 heavy (non-hydrogen) atoms. The minimum Gasteiger partial charge on any atom is -0.480 e. The number of hydrogen-bond donors (Lipinski definition) is 1. The molecule has 2 heterocycles. The monoisotopic (exact) mass is 268 g/mol. The molecular formula is C14H24N2O3. The van der Waals surface area contributed by atoms with Crippen LogP contribution in [0, 0.1) is 11.8 Å². The van der Waals surface area contributed by atoms with Crippen molar-refractivity contribution in [3.8, 4) is 0 Å². The first kappa shape index (κ1) is 14.3. The first-order chi connectivity index (χ1) is 8.99. The number of aliphatic carboxylic acids is 1. The van der Waals surface area contributed by atoms with Crippen LogP contribution in [0.1, 0.15) is 33.1 Å². The van der Waals surface area contributed by atoms with E-state index in [1.54, 1.807) is 4.90 Å². The lowest BCUT2D eigenvalue weighted by molar-refractivity contribution is -0.149. The van der Waals surface area contributed by atoms with Gasteiger partial charge >= 0.3 is 5.97 Å². The third kappa shape index (κ3) is 3.26. The highest BCUT2D eigenvalue weighted by atomic mass is 16.4. The molecule has 5 nitrogen and oxygen atoms in total. The molecule has 2 aliphatic rings. The zero-order valence-corrected chi connectivity index (χ0v) is 11.8. The Balaban J connectivity index is 1.92. The summed E-state index contributed by atoms with van der Waals surface area (Å²) in [5, 5.41) is 9.14. The van der Waals surface area contributed by atoms with Crippen LogP contribution in [0.25, 0.3) is 0 Å². The van der Waals surface area contributed by atoms with E-state index in [2.05, 4.69) is 18.7 Å². The summed E-state index contributed by atoms with van der Waals surface area (Å²) >= 11 is 0. The zero-order valence-electron chi connectivity index (χ0n) is 11.8. The molecule has 2 fully saturated rings. The second-order valence-electron chi connectivity index (χ2n) is 6.17. The lowest BCUT2D eigenvalue weighted by atomic mass is 10.1. The van der Waals surface area contributed by atoms with Gasteiger partial charge in [0, 0.05) is 19.6 Å². The van der Waals surface area contributed by atoms with E-state index in [0.29, 0.717) is 18.9 Å². The Morgan fingerprint density at radius 2 is 2.00 bits per heavy atom. The van der Waals surface area contributed by atoms with Crippen LogP contribution < -0.4 is 0 Å². The maximum atomic E-state index is 12.4. The molecule has 0 unspecified atom stereocenters. The molecule has 0 aromatic carbocycles. The first-order valence-electron chi connectivity index (χ1n) is 7.24. The van der Waals surface area contributed by atoms with Crippen LogP contribution in [0.3, 0.4) is 0 Å². The van der Waals surface area contributed by atoms with E-state index in [1.807, 2.05) is 0 Å². The summed E-state index contributed by atoms with van der Waals surface area (Å²) in [5.41, 5.74) is 0. The molecule has 0 radical (unpaired) electrons. The van der Waals surface area contributed by atoms with Crippen molar-refractivity contribution in [1.82, 2.24) is 9.80 Å². The first-order valence-corrected chi connectivity index (χ1v) is 7.24. The van der Waals surface area contributed by atoms with E-state index in [0.717, 1.165) is 32.5 Å². The zero-order chi connectivity index (χ0) is 14.0. The van der Waals surface area contributed by atoms with Gasteiger partial charge in [0.15, 0.2) is 0 Å². The summed E-state index contributed by atoms with van der Waals surface area (Å²) in [7, 11) is 0. The minimum atomic E-state index is -0.858. The van der Waals surface area contributed by atoms with Crippen molar-refractivity contribution < 1.29 is 14.7 Å². The topological polar surface area (TPSA) is 60.9 Å². The molecule has 0 spiro atoms. The van der Waals surface area contributed by atoms with Gasteiger partial charge in [0.2, 0.25) is 5.91 Å². The van der Waals surface area contributed by atoms with E-state index < -0.39 is 12.0 Å². The minimum absolute atomic E-state index is 0.00120. The number of amides is 1. The summed E-state index contributed by atoms with van der Waals surface area (Å²) in [6.45, 7) is 7.73. The molecule has 0 aromatic rings. The van der Waals surface area contributed by atoms with Gasteiger partial charge in [0.1, 0.15) is 6.04 Å². The Kier molecular flexibility index (Phi) is 4.45. The number of likely N-dealkylation sites (tertiary alicyclic amines) is 2. The van der Waals surface area contributed by atoms with Crippen molar-refractivity contribution in [2.24, 2.45) is 11.8 Å². The summed E-state index contributed by atoms with van der Waals surface area (Å²) in [6, 6.07) is -0.591. The van der Waals surface area contributed by atoms with Gasteiger partial charge in [-0.15, -0.1) is 0 Å². The molecule has 108 valence electrons. The number of carbonyl (C=O) groups excluding carboxylic acids is 1. The Hall–Kier alpha value is -1.10. The van der Waals surface area contributed by atoms with Crippen molar-refractivity contribution >= 4 is 11.9 Å². The fraction of sp³-hybridized carbons (Fsp3) is 0.857. The Labute approximate surface area is 114 Å². The van der Waals surface area contributed by atoms with Crippen LogP contribution in [0.4, 0.5) is 0 Å². The molecule has 2 saturated heterocycles. The largest absolute Gasteiger partial charge is 0.480 e. The Morgan fingerprint density at radius 1 is 1.26 bits per heavy atom. The highest BCUT2D eigenvalue weighted by Crippen LogP contribution is 2.25. The summed E-state index contributed by atoms with van der Waals surface area (Å²) in [5.74, 6) is -0.204. The molecular weight excluding hydrogens is 244 g/mol. The highest BCUT2D eigenvalue weighted by Gasteiger charge is 2.39. The van der Waals surface area contributed by atoms with E-state index in [4.69, 9.17) is 5.11 Å². The summed E-state index contributed by atoms with van der Waals surface area (Å²) in [6.07, 6.45) is 2.28. The van der Waals surface area contributed by atoms with E-state index in [1.165, 1.54) is 0 Å². The fourth-order valence-corrected chi connectivity index (χ4v) is 3.24. The van der Waals surface area contributed by atoms with Crippen molar-refractivity contribution in [3.05, 3.63) is 0 Å². The smallest absolute Gasteiger partial charge is 0.326 e. The van der Waals surface area contributed by atoms with Gasteiger partial charge in [-0.25, -0.2) is 4.79 Å². The van der Waals surface area contributed by atoms with Crippen molar-refractivity contribution in [3.63, 3.8) is 0 Å². The molecule has 1 N–H and O–H groups in total. The lowest BCUT2D eigenvalue weighted by Crippen LogP contribution is -2.44. The van der Waals surface area contributed by atoms with Crippen LogP contribution in [-0.4, -0.2) is 59.0 Å². The van der Waals surface area contributed by atoms with Crippen LogP contribution in [-0.2, 0) is 9.59 Å². The maximum Gasteiger partial charge on any atom is 0.326 e. The molecule has 2 rings (SSSR count). The molecule has 0 aliphatic carbocycles. The Morgan fingerprint density at radius 3 is 2.63 bits per heavy atom. The number of carboxylic acids is 1. The number of carbonyl (C=O) groups is 2. The summed E-state index contributed by atoms with van der Waals surface area (Å²) < 4.78 is 0. The van der Waals surface area contributed by atoms with E-state index in [9.17, 15) is 9.59 Å². The van der Waals surface area contributed by atoms with Gasteiger partial charge in [-0.05, 0) is 31.7 Å². The second kappa shape index (κ2) is 5.90. The third-order valence-electron chi connectivity index (χ3n) is 4.07. The molecule has 0 saturated carbocycles. The molecule has 2 aliphatic heterocycles. The number of carboxylic acid groups (broad SMARTS) is 1. The average molecular weight is 268 g/mol. The van der Waals surface area contributed by atoms with Crippen LogP contribution in [0.2, 0.25) is 0 Å². The third-order valence-corrected chi connectivity index (χ3v) is 4.07. The van der Waals surface area contributed by atoms with Gasteiger partial charge in [-0.1, -0.05) is 13.8 Å². The second-order valence-corrected chi connectivity index (χ2v) is 6.17. The van der Waals surface area contributed by atoms with Crippen molar-refractivity contribution in [1.29, 1.82) is 0 Å². The summed E-state index contributed by atoms with van der Waals surface area (Å²) in [4.78, 5) is 27.5. The molecule has 1 amide bonds. The molecule has 0 aromatic heterocycles. The maximum absolute atomic E-state index is 12.4. The Bertz CT molecular complexity index is 357.